The first-order chi connectivity index (χ1) is 9.47. The lowest BCUT2D eigenvalue weighted by atomic mass is 10.1. The molecule has 0 amide bonds. The Hall–Kier alpha value is -2.61. The van der Waals surface area contributed by atoms with E-state index < -0.39 is 16.1 Å². The number of H-pyrrole nitrogens is 1. The van der Waals surface area contributed by atoms with Gasteiger partial charge in [0.1, 0.15) is 11.4 Å². The van der Waals surface area contributed by atoms with Gasteiger partial charge in [0.05, 0.1) is 6.20 Å². The van der Waals surface area contributed by atoms with Crippen LogP contribution in [0.25, 0.3) is 11.3 Å². The standard InChI is InChI=1S/C12H11N3O4S/c16-11-4-3-8(9-2-1-5-13-9)6-10(11)15-7-12(17)14-20(15,18)19/h1-7,13-14,16-17H. The summed E-state index contributed by atoms with van der Waals surface area (Å²) in [5, 5.41) is 19.1. The van der Waals surface area contributed by atoms with Gasteiger partial charge in [-0.2, -0.15) is 8.42 Å². The largest absolute Gasteiger partial charge is 0.506 e. The number of aliphatic hydroxyl groups excluding tert-OH is 1. The second-order valence-electron chi connectivity index (χ2n) is 4.20. The van der Waals surface area contributed by atoms with Crippen LogP contribution in [-0.2, 0) is 10.2 Å². The summed E-state index contributed by atoms with van der Waals surface area (Å²) in [6.07, 6.45) is 2.73. The third-order valence-electron chi connectivity index (χ3n) is 2.85. The van der Waals surface area contributed by atoms with Crippen LogP contribution in [0.3, 0.4) is 0 Å². The highest BCUT2D eigenvalue weighted by atomic mass is 32.2. The molecule has 0 aliphatic carbocycles. The van der Waals surface area contributed by atoms with Gasteiger partial charge in [-0.25, -0.2) is 9.03 Å². The van der Waals surface area contributed by atoms with E-state index in [1.165, 1.54) is 12.1 Å². The van der Waals surface area contributed by atoms with Crippen LogP contribution in [0.1, 0.15) is 0 Å². The van der Waals surface area contributed by atoms with Crippen molar-refractivity contribution in [2.75, 3.05) is 4.31 Å². The Morgan fingerprint density at radius 1 is 1.15 bits per heavy atom. The molecule has 0 atom stereocenters. The van der Waals surface area contributed by atoms with Gasteiger partial charge < -0.3 is 15.2 Å². The van der Waals surface area contributed by atoms with Gasteiger partial charge in [0.25, 0.3) is 0 Å². The Balaban J connectivity index is 2.12. The van der Waals surface area contributed by atoms with E-state index in [0.717, 1.165) is 16.2 Å². The highest BCUT2D eigenvalue weighted by Crippen LogP contribution is 2.35. The molecule has 2 aromatic rings. The number of aromatic hydroxyl groups is 1. The first-order valence-electron chi connectivity index (χ1n) is 5.67. The maximum Gasteiger partial charge on any atom is 0.330 e. The fraction of sp³-hybridized carbons (Fsp3) is 0. The third kappa shape index (κ3) is 1.95. The summed E-state index contributed by atoms with van der Waals surface area (Å²) < 4.78 is 26.3. The zero-order valence-electron chi connectivity index (χ0n) is 10.1. The van der Waals surface area contributed by atoms with Gasteiger partial charge in [0, 0.05) is 17.5 Å². The minimum atomic E-state index is -3.93. The molecule has 3 rings (SSSR count). The number of hydrogen-bond acceptors (Lipinski definition) is 4. The Labute approximate surface area is 115 Å². The van der Waals surface area contributed by atoms with Crippen LogP contribution in [0.5, 0.6) is 5.75 Å². The molecule has 8 heteroatoms. The molecule has 4 N–H and O–H groups in total. The van der Waals surface area contributed by atoms with Crippen LogP contribution in [0, 0.1) is 0 Å². The number of aromatic nitrogens is 1. The van der Waals surface area contributed by atoms with Crippen LogP contribution in [0.15, 0.2) is 48.6 Å². The van der Waals surface area contributed by atoms with Crippen molar-refractivity contribution in [1.82, 2.24) is 9.71 Å². The predicted octanol–water partition coefficient (Wildman–Crippen LogP) is 1.40. The molecule has 0 spiro atoms. The molecule has 1 aliphatic rings. The van der Waals surface area contributed by atoms with E-state index in [1.54, 1.807) is 12.3 Å². The predicted molar refractivity (Wildman–Crippen MR) is 73.1 cm³/mol. The molecule has 0 saturated heterocycles. The van der Waals surface area contributed by atoms with E-state index in [4.69, 9.17) is 0 Å². The van der Waals surface area contributed by atoms with Crippen molar-refractivity contribution >= 4 is 15.9 Å². The zero-order valence-corrected chi connectivity index (χ0v) is 10.9. The summed E-state index contributed by atoms with van der Waals surface area (Å²) in [5.41, 5.74) is 1.54. The summed E-state index contributed by atoms with van der Waals surface area (Å²) in [6, 6.07) is 8.19. The zero-order chi connectivity index (χ0) is 14.3. The fourth-order valence-corrected chi connectivity index (χ4v) is 3.02. The van der Waals surface area contributed by atoms with Gasteiger partial charge in [-0.15, -0.1) is 0 Å². The number of nitrogens with one attached hydrogen (secondary N) is 2. The smallest absolute Gasteiger partial charge is 0.330 e. The second kappa shape index (κ2) is 4.20. The van der Waals surface area contributed by atoms with Gasteiger partial charge >= 0.3 is 10.2 Å². The molecular weight excluding hydrogens is 282 g/mol. The quantitative estimate of drug-likeness (QED) is 0.671. The van der Waals surface area contributed by atoms with E-state index in [1.807, 2.05) is 16.9 Å². The van der Waals surface area contributed by atoms with Crippen LogP contribution >= 0.6 is 0 Å². The number of anilines is 1. The monoisotopic (exact) mass is 293 g/mol. The number of phenolic OH excluding ortho intramolecular Hbond substituents is 1. The molecule has 1 aliphatic heterocycles. The van der Waals surface area contributed by atoms with Crippen molar-refractivity contribution < 1.29 is 18.6 Å². The first kappa shape index (κ1) is 12.4. The van der Waals surface area contributed by atoms with E-state index in [2.05, 4.69) is 4.98 Å². The molecule has 0 saturated carbocycles. The molecule has 2 heterocycles. The SMILES string of the molecule is O=S1(=O)NC(O)=CN1c1cc(-c2ccc[nH]2)ccc1O. The van der Waals surface area contributed by atoms with Crippen LogP contribution in [0.2, 0.25) is 0 Å². The second-order valence-corrected chi connectivity index (χ2v) is 5.75. The lowest BCUT2D eigenvalue weighted by Gasteiger charge is -2.16. The van der Waals surface area contributed by atoms with Crippen molar-refractivity contribution in [3.8, 4) is 17.0 Å². The Morgan fingerprint density at radius 2 is 1.95 bits per heavy atom. The molecule has 0 radical (unpaired) electrons. The summed E-state index contributed by atoms with van der Waals surface area (Å²) in [4.78, 5) is 2.99. The molecule has 1 aromatic heterocycles. The van der Waals surface area contributed by atoms with Crippen molar-refractivity contribution in [2.45, 2.75) is 0 Å². The maximum absolute atomic E-state index is 11.8. The highest BCUT2D eigenvalue weighted by Gasteiger charge is 2.30. The minimum Gasteiger partial charge on any atom is -0.506 e. The molecule has 0 fully saturated rings. The number of rotatable bonds is 2. The molecule has 20 heavy (non-hydrogen) atoms. The first-order valence-corrected chi connectivity index (χ1v) is 7.11. The average Bonchev–Trinajstić information content (AvgIpc) is 2.98. The van der Waals surface area contributed by atoms with Gasteiger partial charge in [0.2, 0.25) is 5.88 Å². The van der Waals surface area contributed by atoms with Gasteiger partial charge in [0.15, 0.2) is 0 Å². The molecule has 1 aromatic carbocycles. The van der Waals surface area contributed by atoms with Crippen molar-refractivity contribution in [3.05, 3.63) is 48.6 Å². The molecule has 0 unspecified atom stereocenters. The highest BCUT2D eigenvalue weighted by molar-refractivity contribution is 7.91. The molecule has 7 nitrogen and oxygen atoms in total. The number of phenols is 1. The number of aromatic amines is 1. The van der Waals surface area contributed by atoms with Crippen LogP contribution in [0.4, 0.5) is 5.69 Å². The fourth-order valence-electron chi connectivity index (χ4n) is 1.96. The summed E-state index contributed by atoms with van der Waals surface area (Å²) in [7, 11) is -3.93. The van der Waals surface area contributed by atoms with Gasteiger partial charge in [-0.05, 0) is 30.3 Å². The Kier molecular flexibility index (Phi) is 2.61. The average molecular weight is 293 g/mol. The lowest BCUT2D eigenvalue weighted by Crippen LogP contribution is -2.29. The maximum atomic E-state index is 11.8. The van der Waals surface area contributed by atoms with Gasteiger partial charge in [-0.1, -0.05) is 0 Å². The van der Waals surface area contributed by atoms with E-state index in [-0.39, 0.29) is 11.4 Å². The van der Waals surface area contributed by atoms with E-state index >= 15 is 0 Å². The Bertz CT molecular complexity index is 781. The number of benzene rings is 1. The van der Waals surface area contributed by atoms with Crippen molar-refractivity contribution in [3.63, 3.8) is 0 Å². The molecule has 0 bridgehead atoms. The van der Waals surface area contributed by atoms with Crippen molar-refractivity contribution in [1.29, 1.82) is 0 Å². The number of nitrogens with zero attached hydrogens (tertiary/aromatic N) is 1. The third-order valence-corrected chi connectivity index (χ3v) is 4.14. The number of aliphatic hydroxyl groups is 1. The Morgan fingerprint density at radius 3 is 2.55 bits per heavy atom. The normalized spacial score (nSPS) is 16.8. The van der Waals surface area contributed by atoms with Crippen LogP contribution < -0.4 is 9.03 Å². The van der Waals surface area contributed by atoms with E-state index in [0.29, 0.717) is 5.56 Å². The molecular formula is C12H11N3O4S. The molecule has 104 valence electrons. The van der Waals surface area contributed by atoms with Gasteiger partial charge in [-0.3, -0.25) is 0 Å². The number of hydrogen-bond donors (Lipinski definition) is 4. The summed E-state index contributed by atoms with van der Waals surface area (Å²) >= 11 is 0. The lowest BCUT2D eigenvalue weighted by molar-refractivity contribution is 0.392. The van der Waals surface area contributed by atoms with Crippen molar-refractivity contribution in [2.24, 2.45) is 0 Å². The summed E-state index contributed by atoms with van der Waals surface area (Å²) in [5.74, 6) is -0.716. The van der Waals surface area contributed by atoms with E-state index in [9.17, 15) is 18.6 Å². The van der Waals surface area contributed by atoms with Crippen LogP contribution in [-0.4, -0.2) is 23.6 Å². The minimum absolute atomic E-state index is 0.0497. The topological polar surface area (TPSA) is 106 Å². The summed E-state index contributed by atoms with van der Waals surface area (Å²) in [6.45, 7) is 0.